The monoisotopic (exact) mass is 425 g/mol. The summed E-state index contributed by atoms with van der Waals surface area (Å²) in [6.45, 7) is 14.8. The normalized spacial score (nSPS) is 17.5. The Morgan fingerprint density at radius 3 is 1.34 bits per heavy atom. The number of hydrogen-bond acceptors (Lipinski definition) is 1. The molecule has 4 rings (SSSR count). The molecule has 168 valence electrons. The van der Waals surface area contributed by atoms with Crippen molar-refractivity contribution in [2.24, 2.45) is 0 Å². The first kappa shape index (κ1) is 22.8. The predicted octanol–water partition coefficient (Wildman–Crippen LogP) is 7.37. The fraction of sp³-hybridized carbons (Fsp3) is 0.419. The van der Waals surface area contributed by atoms with Gasteiger partial charge >= 0.3 is 0 Å². The highest BCUT2D eigenvalue weighted by Crippen LogP contribution is 2.45. The van der Waals surface area contributed by atoms with Crippen LogP contribution in [0.5, 0.6) is 0 Å². The van der Waals surface area contributed by atoms with Gasteiger partial charge in [0.15, 0.2) is 0 Å². The molecule has 3 aromatic carbocycles. The van der Waals surface area contributed by atoms with E-state index in [1.807, 2.05) is 0 Å². The van der Waals surface area contributed by atoms with Crippen LogP contribution in [0.15, 0.2) is 78.9 Å². The summed E-state index contributed by atoms with van der Waals surface area (Å²) >= 11 is 0. The third kappa shape index (κ3) is 4.16. The van der Waals surface area contributed by atoms with Gasteiger partial charge in [-0.2, -0.15) is 0 Å². The van der Waals surface area contributed by atoms with Gasteiger partial charge in [0.25, 0.3) is 0 Å². The van der Waals surface area contributed by atoms with E-state index in [4.69, 9.17) is 0 Å². The Labute approximate surface area is 195 Å². The maximum absolute atomic E-state index is 3.88. The van der Waals surface area contributed by atoms with Crippen LogP contribution in [0.1, 0.15) is 82.2 Å². The molecule has 0 unspecified atom stereocenters. The quantitative estimate of drug-likeness (QED) is 0.430. The fourth-order valence-corrected chi connectivity index (χ4v) is 5.32. The Bertz CT molecular complexity index is 952. The summed E-state index contributed by atoms with van der Waals surface area (Å²) < 4.78 is 0. The van der Waals surface area contributed by atoms with E-state index >= 15 is 0 Å². The van der Waals surface area contributed by atoms with Crippen molar-refractivity contribution in [3.05, 3.63) is 107 Å². The van der Waals surface area contributed by atoms with E-state index in [0.29, 0.717) is 6.04 Å². The van der Waals surface area contributed by atoms with E-state index in [0.717, 1.165) is 6.54 Å². The Morgan fingerprint density at radius 2 is 0.969 bits per heavy atom. The Hall–Kier alpha value is -2.38. The minimum Gasteiger partial charge on any atom is -0.312 e. The molecule has 1 heteroatoms. The van der Waals surface area contributed by atoms with Gasteiger partial charge in [-0.25, -0.2) is 0 Å². The number of hydrogen-bond donors (Lipinski definition) is 1. The van der Waals surface area contributed by atoms with Gasteiger partial charge in [0, 0.05) is 6.04 Å². The van der Waals surface area contributed by atoms with Crippen molar-refractivity contribution in [1.29, 1.82) is 0 Å². The van der Waals surface area contributed by atoms with Gasteiger partial charge in [0.2, 0.25) is 0 Å². The van der Waals surface area contributed by atoms with Crippen molar-refractivity contribution in [3.8, 4) is 0 Å². The van der Waals surface area contributed by atoms with Crippen LogP contribution < -0.4 is 5.32 Å². The van der Waals surface area contributed by atoms with E-state index in [1.54, 1.807) is 0 Å². The molecule has 0 radical (unpaired) electrons. The van der Waals surface area contributed by atoms with Crippen molar-refractivity contribution in [2.45, 2.75) is 76.7 Å². The van der Waals surface area contributed by atoms with E-state index < -0.39 is 0 Å². The molecule has 1 aliphatic rings. The fourth-order valence-electron chi connectivity index (χ4n) is 5.32. The second-order valence-electron chi connectivity index (χ2n) is 11.5. The zero-order valence-electron chi connectivity index (χ0n) is 20.7. The predicted molar refractivity (Wildman–Crippen MR) is 138 cm³/mol. The minimum atomic E-state index is -0.218. The minimum absolute atomic E-state index is 0.147. The van der Waals surface area contributed by atoms with E-state index in [-0.39, 0.29) is 16.2 Å². The number of nitrogens with one attached hydrogen (secondary N) is 1. The average Bonchev–Trinajstić information content (AvgIpc) is 3.30. The molecular weight excluding hydrogens is 386 g/mol. The Morgan fingerprint density at radius 1 is 0.562 bits per heavy atom. The molecule has 1 nitrogen and oxygen atoms in total. The maximum Gasteiger partial charge on any atom is 0.0604 e. The lowest BCUT2D eigenvalue weighted by Gasteiger charge is -2.42. The van der Waals surface area contributed by atoms with Gasteiger partial charge in [-0.1, -0.05) is 120 Å². The van der Waals surface area contributed by atoms with Gasteiger partial charge in [-0.15, -0.1) is 0 Å². The Kier molecular flexibility index (Phi) is 6.07. The topological polar surface area (TPSA) is 12.0 Å². The third-order valence-electron chi connectivity index (χ3n) is 7.22. The standard InChI is InChI=1S/C31H39N/c1-29(2,3)23-14-18-26(19-15-23)31(28-13-10-22-32-28,25-11-8-7-9-12-25)27-20-16-24(17-21-27)30(4,5)6/h7-9,11-12,14-21,28,32H,10,13,22H2,1-6H3/t28-/m1/s1. The summed E-state index contributed by atoms with van der Waals surface area (Å²) in [5, 5.41) is 3.88. The molecule has 0 bridgehead atoms. The van der Waals surface area contributed by atoms with Gasteiger partial charge in [0.1, 0.15) is 0 Å². The highest BCUT2D eigenvalue weighted by atomic mass is 15.0. The first-order valence-electron chi connectivity index (χ1n) is 12.1. The van der Waals surface area contributed by atoms with E-state index in [9.17, 15) is 0 Å². The highest BCUT2D eigenvalue weighted by Gasteiger charge is 2.44. The Balaban J connectivity index is 1.96. The zero-order chi connectivity index (χ0) is 23.0. The molecule has 3 aromatic rings. The van der Waals surface area contributed by atoms with Gasteiger partial charge in [0.05, 0.1) is 5.41 Å². The van der Waals surface area contributed by atoms with Crippen LogP contribution in [0.2, 0.25) is 0 Å². The summed E-state index contributed by atoms with van der Waals surface area (Å²) in [6.07, 6.45) is 2.40. The molecule has 0 saturated carbocycles. The molecule has 0 spiro atoms. The molecule has 1 aliphatic heterocycles. The zero-order valence-corrected chi connectivity index (χ0v) is 20.7. The van der Waals surface area contributed by atoms with Crippen LogP contribution in [0.4, 0.5) is 0 Å². The van der Waals surface area contributed by atoms with Crippen LogP contribution >= 0.6 is 0 Å². The number of benzene rings is 3. The van der Waals surface area contributed by atoms with Crippen molar-refractivity contribution >= 4 is 0 Å². The first-order chi connectivity index (χ1) is 15.1. The highest BCUT2D eigenvalue weighted by molar-refractivity contribution is 5.54. The van der Waals surface area contributed by atoms with Crippen molar-refractivity contribution in [1.82, 2.24) is 5.32 Å². The van der Waals surface area contributed by atoms with E-state index in [2.05, 4.69) is 126 Å². The van der Waals surface area contributed by atoms with Crippen LogP contribution in [0.25, 0.3) is 0 Å². The molecule has 0 amide bonds. The second kappa shape index (κ2) is 8.52. The summed E-state index contributed by atoms with van der Waals surface area (Å²) in [6, 6.07) is 30.4. The molecule has 1 heterocycles. The van der Waals surface area contributed by atoms with Crippen molar-refractivity contribution in [2.75, 3.05) is 6.54 Å². The lowest BCUT2D eigenvalue weighted by atomic mass is 9.63. The summed E-state index contributed by atoms with van der Waals surface area (Å²) in [7, 11) is 0. The summed E-state index contributed by atoms with van der Waals surface area (Å²) in [4.78, 5) is 0. The largest absolute Gasteiger partial charge is 0.312 e. The lowest BCUT2D eigenvalue weighted by Crippen LogP contribution is -2.47. The van der Waals surface area contributed by atoms with Crippen LogP contribution in [-0.2, 0) is 16.2 Å². The molecule has 0 aromatic heterocycles. The van der Waals surface area contributed by atoms with Crippen molar-refractivity contribution < 1.29 is 0 Å². The van der Waals surface area contributed by atoms with Gasteiger partial charge < -0.3 is 5.32 Å². The first-order valence-corrected chi connectivity index (χ1v) is 12.1. The molecule has 1 saturated heterocycles. The smallest absolute Gasteiger partial charge is 0.0604 e. The number of rotatable bonds is 4. The molecule has 1 fully saturated rings. The van der Waals surface area contributed by atoms with Crippen LogP contribution in [0, 0.1) is 0 Å². The van der Waals surface area contributed by atoms with Crippen LogP contribution in [0.3, 0.4) is 0 Å². The lowest BCUT2D eigenvalue weighted by molar-refractivity contribution is 0.435. The van der Waals surface area contributed by atoms with Crippen molar-refractivity contribution in [3.63, 3.8) is 0 Å². The van der Waals surface area contributed by atoms with Crippen LogP contribution in [-0.4, -0.2) is 12.6 Å². The molecule has 0 aliphatic carbocycles. The van der Waals surface area contributed by atoms with Gasteiger partial charge in [-0.05, 0) is 58.0 Å². The molecule has 1 atom stereocenters. The maximum atomic E-state index is 3.88. The average molecular weight is 426 g/mol. The SMILES string of the molecule is CC(C)(C)c1ccc(C(c2ccccc2)(c2ccc(C(C)(C)C)cc2)[C@H]2CCCN2)cc1. The summed E-state index contributed by atoms with van der Waals surface area (Å²) in [5.41, 5.74) is 6.95. The molecular formula is C31H39N. The molecule has 1 N–H and O–H groups in total. The van der Waals surface area contributed by atoms with Gasteiger partial charge in [-0.3, -0.25) is 0 Å². The summed E-state index contributed by atoms with van der Waals surface area (Å²) in [5.74, 6) is 0. The molecule has 32 heavy (non-hydrogen) atoms. The second-order valence-corrected chi connectivity index (χ2v) is 11.5. The van der Waals surface area contributed by atoms with E-state index in [1.165, 1.54) is 40.7 Å². The third-order valence-corrected chi connectivity index (χ3v) is 7.22.